The number of ether oxygens (including phenoxy) is 6. The molecule has 1 aliphatic heterocycles. The number of Topliss-reactive ketones (excluding diaryl/α,β-unsaturated/α-hetero) is 1. The second-order valence-corrected chi connectivity index (χ2v) is 14.9. The number of carbonyl (C=O) groups excluding carboxylic acids is 2. The Kier molecular flexibility index (Phi) is 21.5. The van der Waals surface area contributed by atoms with Crippen molar-refractivity contribution in [1.82, 2.24) is 0 Å². The fraction of sp³-hybridized carbons (Fsp3) is 0.576. The van der Waals surface area contributed by atoms with Gasteiger partial charge in [-0.05, 0) is 81.0 Å². The van der Waals surface area contributed by atoms with Crippen molar-refractivity contribution in [3.63, 3.8) is 0 Å². The largest absolute Gasteiger partial charge is 1.00 e. The van der Waals surface area contributed by atoms with E-state index >= 15 is 0 Å². The van der Waals surface area contributed by atoms with Crippen LogP contribution in [0.15, 0.2) is 29.2 Å². The zero-order valence-corrected chi connectivity index (χ0v) is 34.7. The first-order chi connectivity index (χ1) is 24.5. The van der Waals surface area contributed by atoms with Crippen molar-refractivity contribution in [2.75, 3.05) is 53.4 Å². The molecule has 1 fully saturated rings. The molecule has 2 aromatic rings. The molecule has 20 heteroatoms. The maximum atomic E-state index is 13.4. The summed E-state index contributed by atoms with van der Waals surface area (Å²) in [7, 11) is -4.22. The minimum atomic E-state index is -4.65. The van der Waals surface area contributed by atoms with E-state index in [1.807, 2.05) is 6.92 Å². The van der Waals surface area contributed by atoms with Crippen LogP contribution in [0.1, 0.15) is 75.7 Å². The second-order valence-electron chi connectivity index (χ2n) is 11.7. The number of rotatable bonds is 21. The molecule has 0 spiro atoms. The fourth-order valence-electron chi connectivity index (χ4n) is 5.11. The topological polar surface area (TPSA) is 266 Å². The van der Waals surface area contributed by atoms with E-state index in [1.165, 1.54) is 34.3 Å². The molecule has 0 saturated carbocycles. The van der Waals surface area contributed by atoms with Crippen LogP contribution in [-0.4, -0.2) is 89.4 Å². The normalized spacial score (nSPS) is 16.0. The van der Waals surface area contributed by atoms with Gasteiger partial charge in [-0.15, -0.1) is 0 Å². The van der Waals surface area contributed by atoms with E-state index in [1.54, 1.807) is 18.2 Å². The summed E-state index contributed by atoms with van der Waals surface area (Å²) in [6, 6.07) is 5.83. The molecule has 1 aliphatic rings. The molecular formula is C33H50N2NaO15PS. The Hall–Kier alpha value is -2.48. The molecule has 0 aromatic heterocycles. The van der Waals surface area contributed by atoms with Gasteiger partial charge in [0, 0.05) is 12.5 Å². The van der Waals surface area contributed by atoms with Gasteiger partial charge in [0.1, 0.15) is 16.4 Å². The molecule has 1 unspecified atom stereocenters. The number of hydrogen-bond acceptors (Lipinski definition) is 15. The van der Waals surface area contributed by atoms with Gasteiger partial charge in [0.25, 0.3) is 0 Å². The molecule has 0 bridgehead atoms. The van der Waals surface area contributed by atoms with E-state index in [0.29, 0.717) is 61.5 Å². The minimum absolute atomic E-state index is 0. The molecule has 294 valence electrons. The van der Waals surface area contributed by atoms with Crippen LogP contribution >= 0.6 is 7.82 Å². The summed E-state index contributed by atoms with van der Waals surface area (Å²) < 4.78 is 76.7. The van der Waals surface area contributed by atoms with Crippen molar-refractivity contribution in [2.45, 2.75) is 75.5 Å². The van der Waals surface area contributed by atoms with Gasteiger partial charge < -0.3 is 59.6 Å². The predicted molar refractivity (Wildman–Crippen MR) is 186 cm³/mol. The first-order valence-electron chi connectivity index (χ1n) is 16.5. The van der Waals surface area contributed by atoms with Crippen LogP contribution < -0.4 is 69.8 Å². The molecule has 2 aromatic carbocycles. The Bertz CT molecular complexity index is 1620. The molecule has 6 N–H and O–H groups in total. The van der Waals surface area contributed by atoms with E-state index in [9.17, 15) is 27.7 Å². The molecule has 0 radical (unpaired) electrons. The SMILES string of the molecule is CCCOc1c(OCCCOP(=O)(O)O)cc([C@@H]2CC[C@@H](c3cc(OC)c(OC)c(OC)c3)O2)cc1S(=O)(=O)CC(C)=O.NCCCC(N)C(=O)[O-].[Na+]. The molecule has 1 heterocycles. The Labute approximate surface area is 332 Å². The van der Waals surface area contributed by atoms with Crippen LogP contribution in [0.5, 0.6) is 28.7 Å². The summed E-state index contributed by atoms with van der Waals surface area (Å²) in [5, 5.41) is 9.93. The number of carbonyl (C=O) groups is 2. The Morgan fingerprint density at radius 1 is 0.925 bits per heavy atom. The number of carboxylic acids is 1. The van der Waals surface area contributed by atoms with E-state index in [2.05, 4.69) is 4.52 Å². The summed E-state index contributed by atoms with van der Waals surface area (Å²) >= 11 is 0. The van der Waals surface area contributed by atoms with Gasteiger partial charge in [0.2, 0.25) is 5.75 Å². The minimum Gasteiger partial charge on any atom is -0.548 e. The van der Waals surface area contributed by atoms with Gasteiger partial charge in [0.15, 0.2) is 32.8 Å². The third-order valence-corrected chi connectivity index (χ3v) is 9.78. The molecule has 0 aliphatic carbocycles. The third kappa shape index (κ3) is 15.7. The zero-order chi connectivity index (χ0) is 39.1. The monoisotopic (exact) mass is 800 g/mol. The van der Waals surface area contributed by atoms with Crippen LogP contribution in [0.3, 0.4) is 0 Å². The average Bonchev–Trinajstić information content (AvgIpc) is 3.58. The van der Waals surface area contributed by atoms with E-state index < -0.39 is 47.3 Å². The van der Waals surface area contributed by atoms with E-state index in [4.69, 9.17) is 49.7 Å². The number of benzene rings is 2. The van der Waals surface area contributed by atoms with Gasteiger partial charge >= 0.3 is 37.4 Å². The maximum Gasteiger partial charge on any atom is 1.00 e. The maximum absolute atomic E-state index is 13.4. The first kappa shape index (κ1) is 48.5. The molecule has 3 atom stereocenters. The van der Waals surface area contributed by atoms with Crippen LogP contribution in [0, 0.1) is 0 Å². The Morgan fingerprint density at radius 2 is 1.49 bits per heavy atom. The number of sulfone groups is 1. The molecule has 0 amide bonds. The number of methoxy groups -OCH3 is 3. The molecule has 17 nitrogen and oxygen atoms in total. The number of ketones is 1. The molecule has 3 rings (SSSR count). The van der Waals surface area contributed by atoms with Crippen molar-refractivity contribution in [2.24, 2.45) is 11.5 Å². The van der Waals surface area contributed by atoms with Crippen molar-refractivity contribution in [3.05, 3.63) is 35.4 Å². The summed E-state index contributed by atoms with van der Waals surface area (Å²) in [5.74, 6) is -1.03. The number of aliphatic carboxylic acids is 1. The number of nitrogens with two attached hydrogens (primary N) is 2. The van der Waals surface area contributed by atoms with E-state index in [-0.39, 0.29) is 78.3 Å². The third-order valence-electron chi connectivity index (χ3n) is 7.50. The van der Waals surface area contributed by atoms with Crippen LogP contribution in [0.4, 0.5) is 0 Å². The molecule has 1 saturated heterocycles. The quantitative estimate of drug-likeness (QED) is 0.0680. The number of hydrogen-bond donors (Lipinski definition) is 4. The van der Waals surface area contributed by atoms with Crippen LogP contribution in [0.2, 0.25) is 0 Å². The average molecular weight is 801 g/mol. The standard InChI is InChI=1S/C28H39O13PS.C5H12N2O2.Na/c1-6-10-39-28-25(38-11-7-12-40-42(30,31)32)15-20(16-26(28)43(33,34)17-18(2)29)22-9-8-21(41-22)19-13-23(35-3)27(37-5)24(14-19)36-4;6-3-1-2-4(7)5(8)9;/h13-16,21-22H,6-12,17H2,1-5H3,(H2,30,31,32);4H,1-3,6-7H2,(H,8,9);/q;;+1/p-1/t21-,22-;;/m0../s1. The Morgan fingerprint density at radius 3 is 1.96 bits per heavy atom. The second kappa shape index (κ2) is 23.4. The predicted octanol–water partition coefficient (Wildman–Crippen LogP) is -0.859. The van der Waals surface area contributed by atoms with E-state index in [0.717, 1.165) is 5.56 Å². The van der Waals surface area contributed by atoms with Gasteiger partial charge in [-0.1, -0.05) is 6.92 Å². The van der Waals surface area contributed by atoms with Crippen molar-refractivity contribution in [3.8, 4) is 28.7 Å². The van der Waals surface area contributed by atoms with Gasteiger partial charge in [-0.2, -0.15) is 0 Å². The Balaban J connectivity index is 0.00000124. The van der Waals surface area contributed by atoms with Crippen LogP contribution in [0.25, 0.3) is 0 Å². The van der Waals surface area contributed by atoms with Gasteiger partial charge in [-0.25, -0.2) is 13.0 Å². The van der Waals surface area contributed by atoms with Crippen molar-refractivity contribution < 1.29 is 100.0 Å². The smallest absolute Gasteiger partial charge is 0.548 e. The van der Waals surface area contributed by atoms with Crippen molar-refractivity contribution in [1.29, 1.82) is 0 Å². The number of phosphoric acid groups is 1. The van der Waals surface area contributed by atoms with Gasteiger partial charge in [0.05, 0.1) is 59.3 Å². The summed E-state index contributed by atoms with van der Waals surface area (Å²) in [4.78, 5) is 39.4. The van der Waals surface area contributed by atoms with Gasteiger partial charge in [-0.3, -0.25) is 9.32 Å². The summed E-state index contributed by atoms with van der Waals surface area (Å²) in [6.07, 6.45) is 1.94. The zero-order valence-electron chi connectivity index (χ0n) is 31.0. The first-order valence-corrected chi connectivity index (χ1v) is 19.7. The molecule has 53 heavy (non-hydrogen) atoms. The molecular weight excluding hydrogens is 750 g/mol. The van der Waals surface area contributed by atoms with Crippen LogP contribution in [-0.2, 0) is 33.3 Å². The number of phosphoric ester groups is 1. The number of carboxylic acid groups (broad SMARTS) is 1. The summed E-state index contributed by atoms with van der Waals surface area (Å²) in [5.41, 5.74) is 11.5. The van der Waals surface area contributed by atoms with Crippen molar-refractivity contribution >= 4 is 29.4 Å². The fourth-order valence-corrected chi connectivity index (χ4v) is 6.92. The summed E-state index contributed by atoms with van der Waals surface area (Å²) in [6.45, 7) is 3.36.